The summed E-state index contributed by atoms with van der Waals surface area (Å²) in [6.45, 7) is -2.45. The lowest BCUT2D eigenvalue weighted by Gasteiger charge is -2.12. The molecule has 0 aromatic carbocycles. The molecule has 4 nitrogen and oxygen atoms in total. The lowest BCUT2D eigenvalue weighted by atomic mass is 10.2. The van der Waals surface area contributed by atoms with E-state index in [0.717, 1.165) is 19.3 Å². The van der Waals surface area contributed by atoms with Crippen LogP contribution in [0.5, 0.6) is 0 Å². The Hall–Kier alpha value is 0.01000. The third-order valence-corrected chi connectivity index (χ3v) is 6.74. The van der Waals surface area contributed by atoms with Crippen LogP contribution in [-0.4, -0.2) is 32.6 Å². The lowest BCUT2D eigenvalue weighted by molar-refractivity contribution is -0.140. The molecule has 0 radical (unpaired) electrons. The third kappa shape index (κ3) is 6.98. The van der Waals surface area contributed by atoms with Gasteiger partial charge in [0.05, 0.1) is 7.11 Å². The van der Waals surface area contributed by atoms with Crippen molar-refractivity contribution in [1.82, 2.24) is 0 Å². The van der Waals surface area contributed by atoms with Crippen molar-refractivity contribution in [2.75, 3.05) is 26.6 Å². The number of methoxy groups -OCH3 is 1. The van der Waals surface area contributed by atoms with E-state index in [1.807, 2.05) is 0 Å². The Bertz CT molecular complexity index is 224. The molecular weight excluding hydrogens is 235 g/mol. The molecule has 0 aliphatic heterocycles. The Kier molecular flexibility index (Phi) is 8.20. The van der Waals surface area contributed by atoms with Crippen molar-refractivity contribution in [3.05, 3.63) is 0 Å². The summed E-state index contributed by atoms with van der Waals surface area (Å²) in [5.41, 5.74) is 0. The smallest absolute Gasteiger partial charge is 0.305 e. The topological polar surface area (TPSA) is 52.6 Å². The van der Waals surface area contributed by atoms with E-state index in [9.17, 15) is 9.36 Å². The van der Waals surface area contributed by atoms with Crippen molar-refractivity contribution in [2.45, 2.75) is 25.7 Å². The van der Waals surface area contributed by atoms with Gasteiger partial charge in [0, 0.05) is 19.7 Å². The van der Waals surface area contributed by atoms with Gasteiger partial charge in [-0.1, -0.05) is 17.8 Å². The van der Waals surface area contributed by atoms with Gasteiger partial charge in [-0.25, -0.2) is 0 Å². The molecule has 0 aliphatic rings. The van der Waals surface area contributed by atoms with Crippen LogP contribution in [0.25, 0.3) is 0 Å². The number of ether oxygens (including phenoxy) is 1. The quantitative estimate of drug-likeness (QED) is 0.378. The Balaban J connectivity index is 3.54. The number of carbonyl (C=O) groups is 1. The first kappa shape index (κ1) is 15.0. The summed E-state index contributed by atoms with van der Waals surface area (Å²) in [5, 5.41) is 0. The molecule has 15 heavy (non-hydrogen) atoms. The largest absolute Gasteiger partial charge is 0.469 e. The molecule has 0 bridgehead atoms. The Labute approximate surface area is 95.3 Å². The Morgan fingerprint density at radius 3 is 2.40 bits per heavy atom. The predicted octanol–water partition coefficient (Wildman–Crippen LogP) is 2.92. The zero-order valence-corrected chi connectivity index (χ0v) is 11.2. The fraction of sp³-hybridized carbons (Fsp3) is 0.889. The van der Waals surface area contributed by atoms with Crippen LogP contribution in [0, 0.1) is 0 Å². The fourth-order valence-corrected chi connectivity index (χ4v) is 3.62. The zero-order chi connectivity index (χ0) is 11.7. The van der Waals surface area contributed by atoms with Crippen LogP contribution < -0.4 is 0 Å². The van der Waals surface area contributed by atoms with E-state index in [2.05, 4.69) is 4.74 Å². The van der Waals surface area contributed by atoms with Crippen LogP contribution in [0.15, 0.2) is 0 Å². The lowest BCUT2D eigenvalue weighted by Crippen LogP contribution is -1.99. The van der Waals surface area contributed by atoms with Gasteiger partial charge in [-0.2, -0.15) is 0 Å². The van der Waals surface area contributed by atoms with Gasteiger partial charge < -0.3 is 9.26 Å². The maximum absolute atomic E-state index is 11.8. The molecule has 6 heteroatoms. The fourth-order valence-electron chi connectivity index (χ4n) is 1.11. The molecule has 0 fully saturated rings. The number of carbonyl (C=O) groups excluding carboxylic acids is 1. The summed E-state index contributed by atoms with van der Waals surface area (Å²) in [5.74, 6) is -0.185. The third-order valence-electron chi connectivity index (χ3n) is 2.10. The number of hydrogen-bond acceptors (Lipinski definition) is 5. The minimum absolute atomic E-state index is 0.185. The first-order valence-corrected chi connectivity index (χ1v) is 8.49. The molecule has 1 unspecified atom stereocenters. The minimum Gasteiger partial charge on any atom is -0.469 e. The van der Waals surface area contributed by atoms with Crippen molar-refractivity contribution in [2.24, 2.45) is 0 Å². The normalized spacial score (nSPS) is 14.6. The highest BCUT2D eigenvalue weighted by Gasteiger charge is 2.18. The van der Waals surface area contributed by atoms with Crippen molar-refractivity contribution >= 4 is 23.9 Å². The van der Waals surface area contributed by atoms with Crippen molar-refractivity contribution in [3.8, 4) is 0 Å². The van der Waals surface area contributed by atoms with E-state index < -0.39 is 6.57 Å². The Morgan fingerprint density at radius 2 is 1.93 bits per heavy atom. The second-order valence-electron chi connectivity index (χ2n) is 3.09. The van der Waals surface area contributed by atoms with Crippen LogP contribution in [0.4, 0.5) is 0 Å². The summed E-state index contributed by atoms with van der Waals surface area (Å²) < 4.78 is 21.2. The average molecular weight is 254 g/mol. The second-order valence-corrected chi connectivity index (χ2v) is 8.25. The van der Waals surface area contributed by atoms with E-state index in [4.69, 9.17) is 4.52 Å². The first-order valence-electron chi connectivity index (χ1n) is 4.85. The molecule has 0 spiro atoms. The minimum atomic E-state index is -2.45. The number of unbranched alkanes of at least 4 members (excludes halogenated alkanes) is 2. The van der Waals surface area contributed by atoms with E-state index in [0.29, 0.717) is 12.6 Å². The van der Waals surface area contributed by atoms with Crippen LogP contribution in [-0.2, 0) is 18.6 Å². The average Bonchev–Trinajstić information content (AvgIpc) is 2.27. The van der Waals surface area contributed by atoms with E-state index in [1.165, 1.54) is 25.6 Å². The molecule has 0 aromatic rings. The first-order chi connectivity index (χ1) is 7.08. The maximum Gasteiger partial charge on any atom is 0.305 e. The summed E-state index contributed by atoms with van der Waals surface area (Å²) in [6, 6.07) is 0. The molecule has 0 saturated heterocycles. The van der Waals surface area contributed by atoms with Gasteiger partial charge in [0.1, 0.15) is 0 Å². The predicted molar refractivity (Wildman–Crippen MR) is 63.5 cm³/mol. The highest BCUT2D eigenvalue weighted by Crippen LogP contribution is 2.57. The molecule has 0 aliphatic carbocycles. The molecule has 90 valence electrons. The molecule has 0 heterocycles. The molecule has 0 rings (SSSR count). The molecule has 1 atom stereocenters. The standard InChI is InChI=1S/C9H19O4PS/c1-12-9(10)7-5-4-6-8-14(11,13-2)15-3/h4-8H2,1-3H3. The maximum atomic E-state index is 11.8. The van der Waals surface area contributed by atoms with Gasteiger partial charge in [-0.15, -0.1) is 0 Å². The number of esters is 1. The molecule has 0 aromatic heterocycles. The van der Waals surface area contributed by atoms with Gasteiger partial charge in [0.15, 0.2) is 0 Å². The second kappa shape index (κ2) is 8.20. The Morgan fingerprint density at radius 1 is 1.27 bits per heavy atom. The summed E-state index contributed by atoms with van der Waals surface area (Å²) in [7, 11) is 2.86. The van der Waals surface area contributed by atoms with E-state index in [-0.39, 0.29) is 5.97 Å². The summed E-state index contributed by atoms with van der Waals surface area (Å²) >= 11 is 1.28. The molecule has 0 saturated carbocycles. The molecular formula is C9H19O4PS. The van der Waals surface area contributed by atoms with Gasteiger partial charge >= 0.3 is 5.97 Å². The highest BCUT2D eigenvalue weighted by molar-refractivity contribution is 8.56. The van der Waals surface area contributed by atoms with Crippen molar-refractivity contribution < 1.29 is 18.6 Å². The SMILES string of the molecule is COC(=O)CCCCCP(=O)(OC)SC. The van der Waals surface area contributed by atoms with Gasteiger partial charge in [0.2, 0.25) is 0 Å². The number of hydrogen-bond donors (Lipinski definition) is 0. The molecule has 0 amide bonds. The van der Waals surface area contributed by atoms with Crippen LogP contribution in [0.3, 0.4) is 0 Å². The van der Waals surface area contributed by atoms with Gasteiger partial charge in [-0.3, -0.25) is 9.36 Å². The molecule has 0 N–H and O–H groups in total. The van der Waals surface area contributed by atoms with Crippen LogP contribution in [0.1, 0.15) is 25.7 Å². The van der Waals surface area contributed by atoms with E-state index in [1.54, 1.807) is 6.26 Å². The van der Waals surface area contributed by atoms with E-state index >= 15 is 0 Å². The summed E-state index contributed by atoms with van der Waals surface area (Å²) in [4.78, 5) is 10.8. The van der Waals surface area contributed by atoms with Crippen LogP contribution in [0.2, 0.25) is 0 Å². The van der Waals surface area contributed by atoms with Crippen molar-refractivity contribution in [3.63, 3.8) is 0 Å². The number of rotatable bonds is 8. The van der Waals surface area contributed by atoms with Gasteiger partial charge in [0.25, 0.3) is 6.57 Å². The van der Waals surface area contributed by atoms with Crippen LogP contribution >= 0.6 is 18.0 Å². The highest BCUT2D eigenvalue weighted by atomic mass is 32.7. The summed E-state index contributed by atoms with van der Waals surface area (Å²) in [6.07, 6.45) is 5.29. The zero-order valence-electron chi connectivity index (χ0n) is 9.52. The monoisotopic (exact) mass is 254 g/mol. The van der Waals surface area contributed by atoms with Crippen molar-refractivity contribution in [1.29, 1.82) is 0 Å². The van der Waals surface area contributed by atoms with Gasteiger partial charge in [-0.05, 0) is 19.1 Å².